The minimum Gasteiger partial charge on any atom is -0.487 e. The predicted molar refractivity (Wildman–Crippen MR) is 47.3 cm³/mol. The molecule has 0 atom stereocenters. The summed E-state index contributed by atoms with van der Waals surface area (Å²) in [6.45, 7) is 4.98. The van der Waals surface area contributed by atoms with Crippen LogP contribution in [0, 0.1) is 0 Å². The van der Waals surface area contributed by atoms with Crippen molar-refractivity contribution in [2.45, 2.75) is 27.2 Å². The zero-order valence-corrected chi connectivity index (χ0v) is 8.09. The van der Waals surface area contributed by atoms with Crippen molar-refractivity contribution in [1.82, 2.24) is 0 Å². The van der Waals surface area contributed by atoms with Crippen LogP contribution in [0.2, 0.25) is 0 Å². The van der Waals surface area contributed by atoms with E-state index in [4.69, 9.17) is 9.84 Å². The molecular weight excluding hydrogens is 172 g/mol. The highest BCUT2D eigenvalue weighted by molar-refractivity contribution is 6.00. The third-order valence-electron chi connectivity index (χ3n) is 1.54. The van der Waals surface area contributed by atoms with Crippen molar-refractivity contribution < 1.29 is 19.4 Å². The molecule has 0 spiro atoms. The Hall–Kier alpha value is -1.32. The molecule has 0 rings (SSSR count). The predicted octanol–water partition coefficient (Wildman–Crippen LogP) is 1.36. The Morgan fingerprint density at radius 2 is 1.85 bits per heavy atom. The van der Waals surface area contributed by atoms with Gasteiger partial charge in [-0.25, -0.2) is 4.79 Å². The van der Waals surface area contributed by atoms with Gasteiger partial charge in [-0.3, -0.25) is 4.79 Å². The topological polar surface area (TPSA) is 63.6 Å². The summed E-state index contributed by atoms with van der Waals surface area (Å²) in [6, 6.07) is 0. The number of aliphatic carboxylic acids is 1. The van der Waals surface area contributed by atoms with Crippen LogP contribution in [-0.4, -0.2) is 23.5 Å². The van der Waals surface area contributed by atoms with E-state index in [1.807, 2.05) is 0 Å². The van der Waals surface area contributed by atoms with Gasteiger partial charge in [0, 0.05) is 5.57 Å². The fourth-order valence-corrected chi connectivity index (χ4v) is 0.992. The zero-order chi connectivity index (χ0) is 10.4. The second-order valence-corrected chi connectivity index (χ2v) is 2.46. The lowest BCUT2D eigenvalue weighted by Crippen LogP contribution is -2.12. The van der Waals surface area contributed by atoms with Gasteiger partial charge in [0.15, 0.2) is 5.78 Å². The van der Waals surface area contributed by atoms with Crippen LogP contribution in [0.3, 0.4) is 0 Å². The molecule has 4 heteroatoms. The van der Waals surface area contributed by atoms with Crippen molar-refractivity contribution in [3.8, 4) is 0 Å². The molecule has 0 aromatic rings. The molecule has 0 radical (unpaired) electrons. The summed E-state index contributed by atoms with van der Waals surface area (Å²) in [5.41, 5.74) is 0.231. The van der Waals surface area contributed by atoms with Crippen molar-refractivity contribution in [2.75, 3.05) is 6.61 Å². The van der Waals surface area contributed by atoms with Crippen molar-refractivity contribution in [2.24, 2.45) is 0 Å². The number of ether oxygens (including phenoxy) is 1. The summed E-state index contributed by atoms with van der Waals surface area (Å²) in [5.74, 6) is -1.67. The van der Waals surface area contributed by atoms with Crippen LogP contribution in [0.4, 0.5) is 0 Å². The van der Waals surface area contributed by atoms with E-state index in [-0.39, 0.29) is 23.7 Å². The third-order valence-corrected chi connectivity index (χ3v) is 1.54. The number of rotatable bonds is 5. The molecule has 74 valence electrons. The monoisotopic (exact) mass is 186 g/mol. The van der Waals surface area contributed by atoms with Crippen LogP contribution in [0.1, 0.15) is 27.2 Å². The second kappa shape index (κ2) is 5.35. The van der Waals surface area contributed by atoms with Gasteiger partial charge in [-0.05, 0) is 20.3 Å². The van der Waals surface area contributed by atoms with Crippen LogP contribution in [0.25, 0.3) is 0 Å². The van der Waals surface area contributed by atoms with E-state index in [1.165, 1.54) is 6.92 Å². The summed E-state index contributed by atoms with van der Waals surface area (Å²) in [5, 5.41) is 8.72. The lowest BCUT2D eigenvalue weighted by Gasteiger charge is -2.07. The van der Waals surface area contributed by atoms with Gasteiger partial charge in [0.25, 0.3) is 0 Å². The summed E-state index contributed by atoms with van der Waals surface area (Å²) < 4.78 is 4.88. The SMILES string of the molecule is CCOC(C(=O)O)=C(CC)C(C)=O. The Balaban J connectivity index is 5.00. The minimum absolute atomic E-state index is 0.225. The maximum Gasteiger partial charge on any atom is 0.371 e. The highest BCUT2D eigenvalue weighted by Gasteiger charge is 2.17. The summed E-state index contributed by atoms with van der Waals surface area (Å²) in [7, 11) is 0. The van der Waals surface area contributed by atoms with Crippen molar-refractivity contribution >= 4 is 11.8 Å². The number of hydrogen-bond acceptors (Lipinski definition) is 3. The summed E-state index contributed by atoms with van der Waals surface area (Å²) >= 11 is 0. The van der Waals surface area contributed by atoms with E-state index in [0.29, 0.717) is 6.42 Å². The quantitative estimate of drug-likeness (QED) is 0.520. The van der Waals surface area contributed by atoms with Gasteiger partial charge in [-0.2, -0.15) is 0 Å². The van der Waals surface area contributed by atoms with Crippen LogP contribution in [-0.2, 0) is 14.3 Å². The van der Waals surface area contributed by atoms with Gasteiger partial charge in [0.05, 0.1) is 6.61 Å². The number of Topliss-reactive ketones (excluding diaryl/α,β-unsaturated/α-hetero) is 1. The fraction of sp³-hybridized carbons (Fsp3) is 0.556. The summed E-state index contributed by atoms with van der Waals surface area (Å²) in [4.78, 5) is 21.7. The standard InChI is InChI=1S/C9H14O4/c1-4-7(6(3)10)8(9(11)12)13-5-2/h4-5H2,1-3H3,(H,11,12). The van der Waals surface area contributed by atoms with Crippen LogP contribution < -0.4 is 0 Å². The van der Waals surface area contributed by atoms with E-state index in [9.17, 15) is 9.59 Å². The largest absolute Gasteiger partial charge is 0.487 e. The van der Waals surface area contributed by atoms with E-state index >= 15 is 0 Å². The van der Waals surface area contributed by atoms with Crippen LogP contribution in [0.15, 0.2) is 11.3 Å². The zero-order valence-electron chi connectivity index (χ0n) is 8.09. The van der Waals surface area contributed by atoms with Crippen molar-refractivity contribution in [3.05, 3.63) is 11.3 Å². The summed E-state index contributed by atoms with van der Waals surface area (Å²) in [6.07, 6.45) is 0.372. The van der Waals surface area contributed by atoms with E-state index in [0.717, 1.165) is 0 Å². The van der Waals surface area contributed by atoms with E-state index < -0.39 is 5.97 Å². The molecule has 0 unspecified atom stereocenters. The molecule has 0 aromatic heterocycles. The lowest BCUT2D eigenvalue weighted by molar-refractivity contribution is -0.137. The van der Waals surface area contributed by atoms with Crippen LogP contribution in [0.5, 0.6) is 0 Å². The number of allylic oxidation sites excluding steroid dienone is 1. The molecule has 0 heterocycles. The van der Waals surface area contributed by atoms with E-state index in [1.54, 1.807) is 13.8 Å². The molecule has 0 aliphatic rings. The van der Waals surface area contributed by atoms with Gasteiger partial charge >= 0.3 is 5.97 Å². The number of carbonyl (C=O) groups is 2. The number of hydrogen-bond donors (Lipinski definition) is 1. The molecule has 0 amide bonds. The van der Waals surface area contributed by atoms with Gasteiger partial charge in [-0.1, -0.05) is 6.92 Å². The Bertz CT molecular complexity index is 240. The third kappa shape index (κ3) is 3.27. The first kappa shape index (κ1) is 11.7. The van der Waals surface area contributed by atoms with E-state index in [2.05, 4.69) is 0 Å². The Morgan fingerprint density at radius 1 is 1.31 bits per heavy atom. The average Bonchev–Trinajstić information content (AvgIpc) is 2.03. The minimum atomic E-state index is -1.19. The maximum absolute atomic E-state index is 11.0. The van der Waals surface area contributed by atoms with Gasteiger partial charge in [0.2, 0.25) is 5.76 Å². The normalized spacial score (nSPS) is 11.9. The molecule has 0 fully saturated rings. The molecular formula is C9H14O4. The first-order valence-corrected chi connectivity index (χ1v) is 4.14. The Morgan fingerprint density at radius 3 is 2.08 bits per heavy atom. The molecule has 1 N–H and O–H groups in total. The van der Waals surface area contributed by atoms with Crippen molar-refractivity contribution in [3.63, 3.8) is 0 Å². The molecule has 0 aromatic carbocycles. The molecule has 0 saturated heterocycles. The van der Waals surface area contributed by atoms with Gasteiger partial charge < -0.3 is 9.84 Å². The number of carbonyl (C=O) groups excluding carboxylic acids is 1. The molecule has 0 bridgehead atoms. The van der Waals surface area contributed by atoms with Crippen LogP contribution >= 0.6 is 0 Å². The first-order chi connectivity index (χ1) is 6.04. The molecule has 0 aliphatic heterocycles. The number of ketones is 1. The molecule has 4 nitrogen and oxygen atoms in total. The average molecular weight is 186 g/mol. The highest BCUT2D eigenvalue weighted by Crippen LogP contribution is 2.11. The van der Waals surface area contributed by atoms with Crippen molar-refractivity contribution in [1.29, 1.82) is 0 Å². The molecule has 13 heavy (non-hydrogen) atoms. The first-order valence-electron chi connectivity index (χ1n) is 4.14. The second-order valence-electron chi connectivity index (χ2n) is 2.46. The fourth-order valence-electron chi connectivity index (χ4n) is 0.992. The highest BCUT2D eigenvalue weighted by atomic mass is 16.5. The molecule has 0 saturated carbocycles. The molecule has 0 aliphatic carbocycles. The smallest absolute Gasteiger partial charge is 0.371 e. The van der Waals surface area contributed by atoms with Gasteiger partial charge in [-0.15, -0.1) is 0 Å². The number of carboxylic acids is 1. The lowest BCUT2D eigenvalue weighted by atomic mass is 10.1. The number of carboxylic acid groups (broad SMARTS) is 1. The Kier molecular flexibility index (Phi) is 4.80. The maximum atomic E-state index is 11.0. The Labute approximate surface area is 77.2 Å². The van der Waals surface area contributed by atoms with Gasteiger partial charge in [0.1, 0.15) is 0 Å².